The van der Waals surface area contributed by atoms with Crippen LogP contribution in [0.4, 0.5) is 5.69 Å². The second-order valence-corrected chi connectivity index (χ2v) is 6.19. The minimum atomic E-state index is -0.112. The van der Waals surface area contributed by atoms with Crippen LogP contribution in [0.3, 0.4) is 0 Å². The Labute approximate surface area is 128 Å². The van der Waals surface area contributed by atoms with E-state index in [1.165, 1.54) is 10.5 Å². The summed E-state index contributed by atoms with van der Waals surface area (Å²) >= 11 is 1.61. The van der Waals surface area contributed by atoms with Gasteiger partial charge in [0.2, 0.25) is 5.91 Å². The number of thioether (sulfide) groups is 1. The molecule has 0 N–H and O–H groups in total. The SMILES string of the molecule is CN(C(=O)C1Cc2ccccc2S1)c1ccccc1C#N. The van der Waals surface area contributed by atoms with Gasteiger partial charge in [-0.3, -0.25) is 4.79 Å². The number of anilines is 1. The van der Waals surface area contributed by atoms with Crippen LogP contribution in [0.2, 0.25) is 0 Å². The Hall–Kier alpha value is -2.25. The molecule has 0 saturated heterocycles. The van der Waals surface area contributed by atoms with E-state index in [0.29, 0.717) is 11.3 Å². The summed E-state index contributed by atoms with van der Waals surface area (Å²) in [5.41, 5.74) is 2.42. The minimum Gasteiger partial charge on any atom is -0.313 e. The zero-order valence-electron chi connectivity index (χ0n) is 11.6. The van der Waals surface area contributed by atoms with Gasteiger partial charge in [0, 0.05) is 11.9 Å². The lowest BCUT2D eigenvalue weighted by molar-refractivity contribution is -0.117. The number of benzene rings is 2. The van der Waals surface area contributed by atoms with E-state index in [1.54, 1.807) is 35.8 Å². The number of amides is 1. The molecule has 1 aliphatic rings. The lowest BCUT2D eigenvalue weighted by Crippen LogP contribution is -2.35. The van der Waals surface area contributed by atoms with E-state index in [-0.39, 0.29) is 11.2 Å². The van der Waals surface area contributed by atoms with Gasteiger partial charge in [-0.2, -0.15) is 5.26 Å². The maximum atomic E-state index is 12.7. The average molecular weight is 294 g/mol. The van der Waals surface area contributed by atoms with Crippen molar-refractivity contribution >= 4 is 23.4 Å². The summed E-state index contributed by atoms with van der Waals surface area (Å²) in [5, 5.41) is 9.05. The number of rotatable bonds is 2. The minimum absolute atomic E-state index is 0.0406. The normalized spacial score (nSPS) is 16.1. The van der Waals surface area contributed by atoms with Crippen molar-refractivity contribution in [1.82, 2.24) is 0 Å². The largest absolute Gasteiger partial charge is 0.313 e. The van der Waals surface area contributed by atoms with Crippen molar-refractivity contribution in [3.05, 3.63) is 59.7 Å². The molecule has 4 heteroatoms. The van der Waals surface area contributed by atoms with Crippen molar-refractivity contribution in [2.24, 2.45) is 0 Å². The van der Waals surface area contributed by atoms with Gasteiger partial charge >= 0.3 is 0 Å². The van der Waals surface area contributed by atoms with Crippen molar-refractivity contribution in [1.29, 1.82) is 5.26 Å². The molecule has 0 saturated carbocycles. The quantitative estimate of drug-likeness (QED) is 0.854. The summed E-state index contributed by atoms with van der Waals surface area (Å²) in [4.78, 5) is 15.5. The van der Waals surface area contributed by atoms with Crippen LogP contribution in [-0.2, 0) is 11.2 Å². The van der Waals surface area contributed by atoms with Gasteiger partial charge in [0.25, 0.3) is 0 Å². The molecular weight excluding hydrogens is 280 g/mol. The maximum Gasteiger partial charge on any atom is 0.240 e. The van der Waals surface area contributed by atoms with Crippen molar-refractivity contribution in [3.63, 3.8) is 0 Å². The molecule has 1 unspecified atom stereocenters. The van der Waals surface area contributed by atoms with Gasteiger partial charge in [0.05, 0.1) is 16.5 Å². The maximum absolute atomic E-state index is 12.7. The Morgan fingerprint density at radius 3 is 2.71 bits per heavy atom. The first-order chi connectivity index (χ1) is 10.2. The number of hydrogen-bond acceptors (Lipinski definition) is 3. The van der Waals surface area contributed by atoms with Crippen molar-refractivity contribution < 1.29 is 4.79 Å². The lowest BCUT2D eigenvalue weighted by Gasteiger charge is -2.21. The Bertz CT molecular complexity index is 711. The number of nitriles is 1. The molecule has 0 aromatic heterocycles. The van der Waals surface area contributed by atoms with E-state index in [0.717, 1.165) is 6.42 Å². The molecule has 104 valence electrons. The highest BCUT2D eigenvalue weighted by molar-refractivity contribution is 8.01. The Morgan fingerprint density at radius 1 is 1.24 bits per heavy atom. The van der Waals surface area contributed by atoms with Gasteiger partial charge in [0.1, 0.15) is 6.07 Å². The average Bonchev–Trinajstić information content (AvgIpc) is 2.97. The zero-order chi connectivity index (χ0) is 14.8. The van der Waals surface area contributed by atoms with Gasteiger partial charge in [0.15, 0.2) is 0 Å². The number of carbonyl (C=O) groups excluding carboxylic acids is 1. The predicted molar refractivity (Wildman–Crippen MR) is 84.4 cm³/mol. The third-order valence-electron chi connectivity index (χ3n) is 3.64. The van der Waals surface area contributed by atoms with Crippen molar-refractivity contribution in [2.75, 3.05) is 11.9 Å². The summed E-state index contributed by atoms with van der Waals surface area (Å²) in [6.07, 6.45) is 0.749. The van der Waals surface area contributed by atoms with Gasteiger partial charge in [-0.05, 0) is 30.2 Å². The smallest absolute Gasteiger partial charge is 0.240 e. The van der Waals surface area contributed by atoms with E-state index in [9.17, 15) is 4.79 Å². The number of carbonyl (C=O) groups is 1. The van der Waals surface area contributed by atoms with Crippen LogP contribution >= 0.6 is 11.8 Å². The topological polar surface area (TPSA) is 44.1 Å². The first kappa shape index (κ1) is 13.7. The Morgan fingerprint density at radius 2 is 1.95 bits per heavy atom. The first-order valence-electron chi connectivity index (χ1n) is 6.72. The van der Waals surface area contributed by atoms with E-state index in [4.69, 9.17) is 5.26 Å². The molecule has 3 nitrogen and oxygen atoms in total. The standard InChI is InChI=1S/C17H14N2OS/c1-19(14-8-4-2-7-13(14)11-18)17(20)16-10-12-6-3-5-9-15(12)21-16/h2-9,16H,10H2,1H3. The highest BCUT2D eigenvalue weighted by atomic mass is 32.2. The molecule has 3 rings (SSSR count). The van der Waals surface area contributed by atoms with Crippen LogP contribution in [0, 0.1) is 11.3 Å². The fraction of sp³-hybridized carbons (Fsp3) is 0.176. The molecule has 1 heterocycles. The van der Waals surface area contributed by atoms with Crippen LogP contribution in [0.5, 0.6) is 0 Å². The molecule has 21 heavy (non-hydrogen) atoms. The second kappa shape index (κ2) is 5.63. The molecular formula is C17H14N2OS. The summed E-state index contributed by atoms with van der Waals surface area (Å²) in [5.74, 6) is 0.0406. The molecule has 0 fully saturated rings. The second-order valence-electron chi connectivity index (χ2n) is 4.94. The first-order valence-corrected chi connectivity index (χ1v) is 7.60. The van der Waals surface area contributed by atoms with Crippen LogP contribution in [0.1, 0.15) is 11.1 Å². The summed E-state index contributed by atoms with van der Waals surface area (Å²) < 4.78 is 0. The van der Waals surface area contributed by atoms with Gasteiger partial charge in [-0.15, -0.1) is 11.8 Å². The van der Waals surface area contributed by atoms with Crippen LogP contribution in [-0.4, -0.2) is 18.2 Å². The third-order valence-corrected chi connectivity index (χ3v) is 4.94. The predicted octanol–water partition coefficient (Wildman–Crippen LogP) is 3.24. The Kier molecular flexibility index (Phi) is 3.68. The molecule has 2 aromatic carbocycles. The summed E-state index contributed by atoms with van der Waals surface area (Å²) in [6.45, 7) is 0. The molecule has 0 radical (unpaired) electrons. The van der Waals surface area contributed by atoms with Crippen LogP contribution in [0.25, 0.3) is 0 Å². The van der Waals surface area contributed by atoms with Crippen LogP contribution in [0.15, 0.2) is 53.4 Å². The van der Waals surface area contributed by atoms with Gasteiger partial charge in [-0.25, -0.2) is 0 Å². The lowest BCUT2D eigenvalue weighted by atomic mass is 10.1. The fourth-order valence-electron chi connectivity index (χ4n) is 2.52. The molecule has 0 aliphatic carbocycles. The van der Waals surface area contributed by atoms with Crippen molar-refractivity contribution in [2.45, 2.75) is 16.6 Å². The number of hydrogen-bond donors (Lipinski definition) is 0. The molecule has 1 aliphatic heterocycles. The van der Waals surface area contributed by atoms with Crippen molar-refractivity contribution in [3.8, 4) is 6.07 Å². The molecule has 1 amide bonds. The summed E-state index contributed by atoms with van der Waals surface area (Å²) in [6, 6.07) is 17.4. The number of nitrogens with zero attached hydrogens (tertiary/aromatic N) is 2. The number of fused-ring (bicyclic) bond motifs is 1. The van der Waals surface area contributed by atoms with E-state index in [1.807, 2.05) is 24.3 Å². The molecule has 2 aromatic rings. The zero-order valence-corrected chi connectivity index (χ0v) is 12.4. The van der Waals surface area contributed by atoms with E-state index < -0.39 is 0 Å². The van der Waals surface area contributed by atoms with Gasteiger partial charge in [-0.1, -0.05) is 30.3 Å². The molecule has 0 bridgehead atoms. The molecule has 1 atom stereocenters. The highest BCUT2D eigenvalue weighted by Gasteiger charge is 2.31. The monoisotopic (exact) mass is 294 g/mol. The van der Waals surface area contributed by atoms with Crippen LogP contribution < -0.4 is 4.90 Å². The summed E-state index contributed by atoms with van der Waals surface area (Å²) in [7, 11) is 1.74. The highest BCUT2D eigenvalue weighted by Crippen LogP contribution is 2.38. The third kappa shape index (κ3) is 2.53. The Balaban J connectivity index is 1.82. The van der Waals surface area contributed by atoms with E-state index >= 15 is 0 Å². The fourth-order valence-corrected chi connectivity index (χ4v) is 3.80. The van der Waals surface area contributed by atoms with Gasteiger partial charge < -0.3 is 4.90 Å². The van der Waals surface area contributed by atoms with E-state index in [2.05, 4.69) is 18.2 Å². The number of para-hydroxylation sites is 1. The molecule has 0 spiro atoms.